The SMILES string of the molecule is CC1(C)Cc2cc(CCCC(=O)O)ccc2O1. The Morgan fingerprint density at radius 3 is 2.94 bits per heavy atom. The highest BCUT2D eigenvalue weighted by Gasteiger charge is 2.29. The van der Waals surface area contributed by atoms with Crippen LogP contribution in [-0.4, -0.2) is 16.7 Å². The molecule has 3 heteroatoms. The Kier molecular flexibility index (Phi) is 3.09. The van der Waals surface area contributed by atoms with Crippen molar-refractivity contribution in [1.82, 2.24) is 0 Å². The van der Waals surface area contributed by atoms with Gasteiger partial charge in [0.05, 0.1) is 0 Å². The zero-order valence-corrected chi connectivity index (χ0v) is 10.3. The van der Waals surface area contributed by atoms with E-state index in [1.807, 2.05) is 12.1 Å². The summed E-state index contributed by atoms with van der Waals surface area (Å²) in [7, 11) is 0. The number of rotatable bonds is 4. The summed E-state index contributed by atoms with van der Waals surface area (Å²) < 4.78 is 5.80. The standard InChI is InChI=1S/C14H18O3/c1-14(2)9-11-8-10(4-3-5-13(15)16)6-7-12(11)17-14/h6-8H,3-5,9H2,1-2H3,(H,15,16). The summed E-state index contributed by atoms with van der Waals surface area (Å²) in [6.07, 6.45) is 2.67. The van der Waals surface area contributed by atoms with Crippen LogP contribution in [0.3, 0.4) is 0 Å². The van der Waals surface area contributed by atoms with Crippen LogP contribution in [0.25, 0.3) is 0 Å². The van der Waals surface area contributed by atoms with E-state index in [4.69, 9.17) is 9.84 Å². The normalized spacial score (nSPS) is 16.4. The van der Waals surface area contributed by atoms with Crippen molar-refractivity contribution in [1.29, 1.82) is 0 Å². The number of hydrogen-bond donors (Lipinski definition) is 1. The second kappa shape index (κ2) is 4.40. The van der Waals surface area contributed by atoms with Crippen molar-refractivity contribution in [2.24, 2.45) is 0 Å². The third-order valence-electron chi connectivity index (χ3n) is 2.98. The fourth-order valence-corrected chi connectivity index (χ4v) is 2.26. The minimum Gasteiger partial charge on any atom is -0.487 e. The van der Waals surface area contributed by atoms with Gasteiger partial charge in [0.15, 0.2) is 0 Å². The molecular formula is C14H18O3. The maximum Gasteiger partial charge on any atom is 0.303 e. The molecule has 0 radical (unpaired) electrons. The maximum atomic E-state index is 10.4. The maximum absolute atomic E-state index is 10.4. The van der Waals surface area contributed by atoms with Crippen LogP contribution in [-0.2, 0) is 17.6 Å². The average Bonchev–Trinajstić information content (AvgIpc) is 2.50. The number of benzene rings is 1. The van der Waals surface area contributed by atoms with Crippen molar-refractivity contribution < 1.29 is 14.6 Å². The van der Waals surface area contributed by atoms with Gasteiger partial charge >= 0.3 is 5.97 Å². The first kappa shape index (κ1) is 12.0. The van der Waals surface area contributed by atoms with Crippen molar-refractivity contribution in [3.05, 3.63) is 29.3 Å². The third kappa shape index (κ3) is 2.99. The minimum atomic E-state index is -0.726. The van der Waals surface area contributed by atoms with E-state index in [0.29, 0.717) is 6.42 Å². The first-order valence-corrected chi connectivity index (χ1v) is 5.99. The highest BCUT2D eigenvalue weighted by molar-refractivity contribution is 5.66. The van der Waals surface area contributed by atoms with Gasteiger partial charge in [-0.1, -0.05) is 12.1 Å². The van der Waals surface area contributed by atoms with E-state index in [9.17, 15) is 4.79 Å². The van der Waals surface area contributed by atoms with E-state index in [1.165, 1.54) is 11.1 Å². The number of carboxylic acid groups (broad SMARTS) is 1. The first-order chi connectivity index (χ1) is 7.96. The number of carbonyl (C=O) groups is 1. The van der Waals surface area contributed by atoms with Gasteiger partial charge in [0.25, 0.3) is 0 Å². The molecule has 1 heterocycles. The number of aryl methyl sites for hydroxylation is 1. The molecule has 0 saturated heterocycles. The summed E-state index contributed by atoms with van der Waals surface area (Å²) in [4.78, 5) is 10.4. The molecule has 0 spiro atoms. The molecule has 0 aromatic heterocycles. The van der Waals surface area contributed by atoms with Crippen molar-refractivity contribution >= 4 is 5.97 Å². The summed E-state index contributed by atoms with van der Waals surface area (Å²) in [5, 5.41) is 8.59. The monoisotopic (exact) mass is 234 g/mol. The van der Waals surface area contributed by atoms with E-state index < -0.39 is 5.97 Å². The van der Waals surface area contributed by atoms with E-state index in [2.05, 4.69) is 19.9 Å². The Hall–Kier alpha value is -1.51. The molecule has 0 amide bonds. The summed E-state index contributed by atoms with van der Waals surface area (Å²) in [6, 6.07) is 6.17. The second-order valence-electron chi connectivity index (χ2n) is 5.23. The van der Waals surface area contributed by atoms with Crippen LogP contribution in [0.4, 0.5) is 0 Å². The van der Waals surface area contributed by atoms with Gasteiger partial charge in [0, 0.05) is 12.8 Å². The van der Waals surface area contributed by atoms with Crippen molar-refractivity contribution in [3.8, 4) is 5.75 Å². The van der Waals surface area contributed by atoms with E-state index in [1.54, 1.807) is 0 Å². The van der Waals surface area contributed by atoms with Crippen LogP contribution >= 0.6 is 0 Å². The van der Waals surface area contributed by atoms with Crippen molar-refractivity contribution in [3.63, 3.8) is 0 Å². The van der Waals surface area contributed by atoms with Crippen LogP contribution in [0.1, 0.15) is 37.8 Å². The Bertz CT molecular complexity index is 435. The van der Waals surface area contributed by atoms with E-state index >= 15 is 0 Å². The van der Waals surface area contributed by atoms with Crippen LogP contribution in [0.5, 0.6) is 5.75 Å². The average molecular weight is 234 g/mol. The molecule has 0 atom stereocenters. The summed E-state index contributed by atoms with van der Waals surface area (Å²) in [5.41, 5.74) is 2.33. The molecule has 92 valence electrons. The molecule has 2 rings (SSSR count). The highest BCUT2D eigenvalue weighted by atomic mass is 16.5. The number of hydrogen-bond acceptors (Lipinski definition) is 2. The molecule has 0 saturated carbocycles. The van der Waals surface area contributed by atoms with Crippen LogP contribution in [0.15, 0.2) is 18.2 Å². The fraction of sp³-hybridized carbons (Fsp3) is 0.500. The van der Waals surface area contributed by atoms with E-state index in [-0.39, 0.29) is 12.0 Å². The van der Waals surface area contributed by atoms with Crippen LogP contribution in [0.2, 0.25) is 0 Å². The largest absolute Gasteiger partial charge is 0.487 e. The molecule has 1 aromatic rings. The van der Waals surface area contributed by atoms with Gasteiger partial charge in [-0.3, -0.25) is 4.79 Å². The van der Waals surface area contributed by atoms with Crippen molar-refractivity contribution in [2.75, 3.05) is 0 Å². The van der Waals surface area contributed by atoms with Crippen LogP contribution in [0, 0.1) is 0 Å². The first-order valence-electron chi connectivity index (χ1n) is 5.99. The lowest BCUT2D eigenvalue weighted by atomic mass is 9.98. The van der Waals surface area contributed by atoms with E-state index in [0.717, 1.165) is 18.6 Å². The van der Waals surface area contributed by atoms with Gasteiger partial charge in [-0.15, -0.1) is 0 Å². The number of aliphatic carboxylic acids is 1. The van der Waals surface area contributed by atoms with Gasteiger partial charge in [-0.2, -0.15) is 0 Å². The molecule has 0 bridgehead atoms. The molecule has 1 aromatic carbocycles. The fourth-order valence-electron chi connectivity index (χ4n) is 2.26. The lowest BCUT2D eigenvalue weighted by molar-refractivity contribution is -0.137. The molecule has 0 aliphatic carbocycles. The zero-order valence-electron chi connectivity index (χ0n) is 10.3. The van der Waals surface area contributed by atoms with Crippen molar-refractivity contribution in [2.45, 2.75) is 45.1 Å². The molecule has 0 unspecified atom stereocenters. The Morgan fingerprint density at radius 2 is 2.24 bits per heavy atom. The molecule has 0 fully saturated rings. The van der Waals surface area contributed by atoms with Gasteiger partial charge < -0.3 is 9.84 Å². The third-order valence-corrected chi connectivity index (χ3v) is 2.98. The molecule has 1 N–H and O–H groups in total. The molecule has 1 aliphatic rings. The smallest absolute Gasteiger partial charge is 0.303 e. The Balaban J connectivity index is 2.01. The minimum absolute atomic E-state index is 0.109. The lowest BCUT2D eigenvalue weighted by Gasteiger charge is -2.16. The number of ether oxygens (including phenoxy) is 1. The molecule has 1 aliphatic heterocycles. The molecule has 3 nitrogen and oxygen atoms in total. The molecular weight excluding hydrogens is 216 g/mol. The highest BCUT2D eigenvalue weighted by Crippen LogP contribution is 2.35. The van der Waals surface area contributed by atoms with Crippen LogP contribution < -0.4 is 4.74 Å². The van der Waals surface area contributed by atoms with Gasteiger partial charge in [0.2, 0.25) is 0 Å². The lowest BCUT2D eigenvalue weighted by Crippen LogP contribution is -2.24. The van der Waals surface area contributed by atoms with Gasteiger partial charge in [-0.05, 0) is 43.9 Å². The summed E-state index contributed by atoms with van der Waals surface area (Å²) in [5.74, 6) is 0.243. The predicted octanol–water partition coefficient (Wildman–Crippen LogP) is 2.81. The molecule has 17 heavy (non-hydrogen) atoms. The van der Waals surface area contributed by atoms with Gasteiger partial charge in [-0.25, -0.2) is 0 Å². The second-order valence-corrected chi connectivity index (χ2v) is 5.23. The topological polar surface area (TPSA) is 46.5 Å². The number of carboxylic acids is 1. The Labute approximate surface area is 101 Å². The quantitative estimate of drug-likeness (QED) is 0.871. The zero-order chi connectivity index (χ0) is 12.5. The summed E-state index contributed by atoms with van der Waals surface area (Å²) >= 11 is 0. The summed E-state index contributed by atoms with van der Waals surface area (Å²) in [6.45, 7) is 4.16. The Morgan fingerprint density at radius 1 is 1.47 bits per heavy atom. The number of fused-ring (bicyclic) bond motifs is 1. The predicted molar refractivity (Wildman–Crippen MR) is 65.4 cm³/mol. The van der Waals surface area contributed by atoms with Gasteiger partial charge in [0.1, 0.15) is 11.4 Å².